The summed E-state index contributed by atoms with van der Waals surface area (Å²) in [6, 6.07) is 0.938. The Kier molecular flexibility index (Phi) is 7.39. The maximum absolute atomic E-state index is 15.1. The summed E-state index contributed by atoms with van der Waals surface area (Å²) in [7, 11) is 0. The zero-order chi connectivity index (χ0) is 25.3. The highest BCUT2D eigenvalue weighted by atomic mass is 79.9. The normalized spacial score (nSPS) is 24.4. The second kappa shape index (κ2) is 10.2. The molecule has 3 fully saturated rings. The van der Waals surface area contributed by atoms with Crippen LogP contribution in [0.1, 0.15) is 55.3 Å². The van der Waals surface area contributed by atoms with Gasteiger partial charge in [-0.05, 0) is 38.2 Å². The van der Waals surface area contributed by atoms with Crippen molar-refractivity contribution >= 4 is 44.9 Å². The van der Waals surface area contributed by atoms with Crippen LogP contribution in [-0.2, 0) is 9.59 Å². The quantitative estimate of drug-likeness (QED) is 0.433. The lowest BCUT2D eigenvalue weighted by molar-refractivity contribution is -0.384. The molecule has 0 bridgehead atoms. The van der Waals surface area contributed by atoms with Gasteiger partial charge in [0, 0.05) is 48.9 Å². The minimum atomic E-state index is -3.39. The minimum Gasteiger partial charge on any atom is -0.369 e. The topological polar surface area (TPSA) is 113 Å². The van der Waals surface area contributed by atoms with Crippen LogP contribution in [0, 0.1) is 16.0 Å². The van der Waals surface area contributed by atoms with Crippen molar-refractivity contribution < 1.29 is 28.1 Å². The molecule has 0 unspecified atom stereocenters. The fourth-order valence-corrected chi connectivity index (χ4v) is 5.54. The van der Waals surface area contributed by atoms with Crippen LogP contribution in [-0.4, -0.2) is 70.5 Å². The van der Waals surface area contributed by atoms with E-state index in [0.717, 1.165) is 24.2 Å². The highest BCUT2D eigenvalue weighted by Gasteiger charge is 2.51. The molecule has 3 aliphatic rings. The number of alkyl halides is 2. The van der Waals surface area contributed by atoms with Gasteiger partial charge in [-0.25, -0.2) is 8.78 Å². The van der Waals surface area contributed by atoms with Gasteiger partial charge in [0.15, 0.2) is 0 Å². The fourth-order valence-electron chi connectivity index (χ4n) is 5.09. The van der Waals surface area contributed by atoms with Gasteiger partial charge < -0.3 is 15.1 Å². The van der Waals surface area contributed by atoms with E-state index in [2.05, 4.69) is 21.2 Å². The van der Waals surface area contributed by atoms with Gasteiger partial charge in [0.2, 0.25) is 5.91 Å². The van der Waals surface area contributed by atoms with Crippen LogP contribution < -0.4 is 5.32 Å². The Morgan fingerprint density at radius 2 is 1.86 bits per heavy atom. The van der Waals surface area contributed by atoms with Crippen molar-refractivity contribution in [1.82, 2.24) is 9.80 Å². The maximum Gasteiger partial charge on any atom is 0.294 e. The first-order chi connectivity index (χ1) is 16.6. The lowest BCUT2D eigenvalue weighted by Crippen LogP contribution is -2.40. The van der Waals surface area contributed by atoms with Crippen LogP contribution in [0.5, 0.6) is 0 Å². The first kappa shape index (κ1) is 25.5. The molecule has 1 aromatic carbocycles. The Labute approximate surface area is 209 Å². The highest BCUT2D eigenvalue weighted by Crippen LogP contribution is 2.38. The standard InChI is InChI=1S/C23H27BrF2N4O5/c24-15-10-17(22(33)28-7-2-1-3-8-28)20(18(11-15)30(34)35)27-19-12-29(13-23(19,25)26)21(32)14-5-4-6-16(31)9-14/h10-11,14,19,27H,1-9,12-13H2/t14-,19+/m1/s1. The lowest BCUT2D eigenvalue weighted by Gasteiger charge is -2.28. The van der Waals surface area contributed by atoms with Crippen molar-refractivity contribution in [3.05, 3.63) is 32.3 Å². The first-order valence-electron chi connectivity index (χ1n) is 11.8. The molecule has 1 saturated carbocycles. The molecule has 35 heavy (non-hydrogen) atoms. The molecular weight excluding hydrogens is 530 g/mol. The van der Waals surface area contributed by atoms with Gasteiger partial charge in [0.25, 0.3) is 17.5 Å². The van der Waals surface area contributed by atoms with Crippen LogP contribution in [0.15, 0.2) is 16.6 Å². The van der Waals surface area contributed by atoms with Crippen LogP contribution in [0.3, 0.4) is 0 Å². The fraction of sp³-hybridized carbons (Fsp3) is 0.609. The lowest BCUT2D eigenvalue weighted by atomic mass is 9.87. The molecule has 2 heterocycles. The van der Waals surface area contributed by atoms with Crippen molar-refractivity contribution in [2.45, 2.75) is 56.9 Å². The molecule has 9 nitrogen and oxygen atoms in total. The number of halogens is 3. The first-order valence-corrected chi connectivity index (χ1v) is 12.6. The van der Waals surface area contributed by atoms with E-state index in [-0.39, 0.29) is 34.5 Å². The molecule has 4 rings (SSSR count). The number of piperidine rings is 1. The predicted molar refractivity (Wildman–Crippen MR) is 126 cm³/mol. The van der Waals surface area contributed by atoms with E-state index in [1.54, 1.807) is 4.90 Å². The van der Waals surface area contributed by atoms with Crippen molar-refractivity contribution in [3.63, 3.8) is 0 Å². The number of benzene rings is 1. The van der Waals surface area contributed by atoms with Crippen molar-refractivity contribution in [1.29, 1.82) is 0 Å². The van der Waals surface area contributed by atoms with E-state index >= 15 is 8.78 Å². The molecule has 2 amide bonds. The molecule has 12 heteroatoms. The van der Waals surface area contributed by atoms with Crippen LogP contribution >= 0.6 is 15.9 Å². The molecular formula is C23H27BrF2N4O5. The van der Waals surface area contributed by atoms with Gasteiger partial charge in [-0.2, -0.15) is 0 Å². The average Bonchev–Trinajstić information content (AvgIpc) is 3.13. The second-order valence-electron chi connectivity index (χ2n) is 9.47. The van der Waals surface area contributed by atoms with Gasteiger partial charge in [-0.15, -0.1) is 0 Å². The SMILES string of the molecule is O=C1CCC[C@@H](C(=O)N2C[C@H](Nc3c(C(=O)N4CCCCC4)cc(Br)cc3[N+](=O)[O-])C(F)(F)C2)C1. The average molecular weight is 557 g/mol. The van der Waals surface area contributed by atoms with Gasteiger partial charge in [0.05, 0.1) is 17.0 Å². The summed E-state index contributed by atoms with van der Waals surface area (Å²) in [4.78, 5) is 51.6. The van der Waals surface area contributed by atoms with Gasteiger partial charge in [-0.3, -0.25) is 24.5 Å². The third-order valence-electron chi connectivity index (χ3n) is 6.93. The minimum absolute atomic E-state index is 0.0473. The number of nitro groups is 1. The van der Waals surface area contributed by atoms with Gasteiger partial charge in [0.1, 0.15) is 17.5 Å². The zero-order valence-corrected chi connectivity index (χ0v) is 20.7. The molecule has 2 atom stereocenters. The number of Topliss-reactive ketones (excluding diaryl/α,β-unsaturated/α-hetero) is 1. The molecule has 0 spiro atoms. The van der Waals surface area contributed by atoms with E-state index in [0.29, 0.717) is 32.4 Å². The monoisotopic (exact) mass is 556 g/mol. The number of nitro benzene ring substituents is 1. The third-order valence-corrected chi connectivity index (χ3v) is 7.39. The zero-order valence-electron chi connectivity index (χ0n) is 19.1. The molecule has 190 valence electrons. The Morgan fingerprint density at radius 1 is 1.14 bits per heavy atom. The summed E-state index contributed by atoms with van der Waals surface area (Å²) in [5.41, 5.74) is -0.842. The Hall–Kier alpha value is -2.63. The number of hydrogen-bond acceptors (Lipinski definition) is 6. The van der Waals surface area contributed by atoms with E-state index < -0.39 is 46.9 Å². The van der Waals surface area contributed by atoms with E-state index in [9.17, 15) is 24.5 Å². The number of rotatable bonds is 5. The molecule has 1 aromatic rings. The molecule has 0 radical (unpaired) electrons. The smallest absolute Gasteiger partial charge is 0.294 e. The summed E-state index contributed by atoms with van der Waals surface area (Å²) in [6.07, 6.45) is 4.03. The van der Waals surface area contributed by atoms with Gasteiger partial charge in [-0.1, -0.05) is 15.9 Å². The second-order valence-corrected chi connectivity index (χ2v) is 10.4. The predicted octanol–water partition coefficient (Wildman–Crippen LogP) is 4.00. The number of nitrogens with zero attached hydrogens (tertiary/aromatic N) is 3. The van der Waals surface area contributed by atoms with Crippen molar-refractivity contribution in [2.75, 3.05) is 31.5 Å². The number of likely N-dealkylation sites (tertiary alicyclic amines) is 2. The van der Waals surface area contributed by atoms with E-state index in [1.807, 2.05) is 0 Å². The number of amides is 2. The summed E-state index contributed by atoms with van der Waals surface area (Å²) in [5.74, 6) is -5.03. The van der Waals surface area contributed by atoms with Crippen molar-refractivity contribution in [2.24, 2.45) is 5.92 Å². The maximum atomic E-state index is 15.1. The van der Waals surface area contributed by atoms with E-state index in [1.165, 1.54) is 12.1 Å². The van der Waals surface area contributed by atoms with Crippen LogP contribution in [0.2, 0.25) is 0 Å². The third kappa shape index (κ3) is 5.46. The number of ketones is 1. The number of hydrogen-bond donors (Lipinski definition) is 1. The molecule has 1 aliphatic carbocycles. The number of carbonyl (C=O) groups excluding carboxylic acids is 3. The van der Waals surface area contributed by atoms with Crippen molar-refractivity contribution in [3.8, 4) is 0 Å². The largest absolute Gasteiger partial charge is 0.369 e. The molecule has 2 aliphatic heterocycles. The highest BCUT2D eigenvalue weighted by molar-refractivity contribution is 9.10. The van der Waals surface area contributed by atoms with Gasteiger partial charge >= 0.3 is 0 Å². The number of carbonyl (C=O) groups is 3. The number of anilines is 1. The van der Waals surface area contributed by atoms with E-state index in [4.69, 9.17) is 0 Å². The summed E-state index contributed by atoms with van der Waals surface area (Å²) >= 11 is 3.19. The number of nitrogens with one attached hydrogen (secondary N) is 1. The van der Waals surface area contributed by atoms with Crippen LogP contribution in [0.4, 0.5) is 20.2 Å². The Morgan fingerprint density at radius 3 is 2.51 bits per heavy atom. The summed E-state index contributed by atoms with van der Waals surface area (Å²) < 4.78 is 30.4. The molecule has 0 aromatic heterocycles. The van der Waals surface area contributed by atoms with Crippen LogP contribution in [0.25, 0.3) is 0 Å². The Bertz CT molecular complexity index is 1050. The molecule has 2 saturated heterocycles. The summed E-state index contributed by atoms with van der Waals surface area (Å²) in [6.45, 7) is -0.268. The summed E-state index contributed by atoms with van der Waals surface area (Å²) in [5, 5.41) is 14.4. The molecule has 1 N–H and O–H groups in total. The Balaban J connectivity index is 1.61.